The lowest BCUT2D eigenvalue weighted by Gasteiger charge is -1.92. The molecular formula is C10H12N. The summed E-state index contributed by atoms with van der Waals surface area (Å²) in [5.74, 6) is 0. The van der Waals surface area contributed by atoms with Crippen molar-refractivity contribution in [3.63, 3.8) is 0 Å². The van der Waals surface area contributed by atoms with Crippen LogP contribution in [0.4, 0.5) is 0 Å². The minimum absolute atomic E-state index is 0.632. The first-order valence-electron chi connectivity index (χ1n) is 3.75. The van der Waals surface area contributed by atoms with Gasteiger partial charge in [0.05, 0.1) is 0 Å². The summed E-state index contributed by atoms with van der Waals surface area (Å²) in [5, 5.41) is 0. The van der Waals surface area contributed by atoms with Gasteiger partial charge in [0.15, 0.2) is 0 Å². The second-order valence-electron chi connectivity index (χ2n) is 2.28. The first kappa shape index (κ1) is 7.99. The highest BCUT2D eigenvalue weighted by atomic mass is 14.7. The molecule has 1 radical (unpaired) electrons. The summed E-state index contributed by atoms with van der Waals surface area (Å²) in [6, 6.07) is 10.3. The molecule has 0 saturated carbocycles. The Labute approximate surface area is 67.8 Å². The predicted molar refractivity (Wildman–Crippen MR) is 48.9 cm³/mol. The largest absolute Gasteiger partial charge is 0.297 e. The third-order valence-corrected chi connectivity index (χ3v) is 1.43. The fourth-order valence-corrected chi connectivity index (χ4v) is 0.875. The average molecular weight is 146 g/mol. The Hall–Kier alpha value is -1.11. The molecule has 0 aliphatic carbocycles. The lowest BCUT2D eigenvalue weighted by Crippen LogP contribution is -1.85. The topological polar surface area (TPSA) is 12.4 Å². The quantitative estimate of drug-likeness (QED) is 0.579. The van der Waals surface area contributed by atoms with Crippen LogP contribution in [0.15, 0.2) is 35.3 Å². The van der Waals surface area contributed by atoms with Crippen LogP contribution in [-0.2, 0) is 6.42 Å². The van der Waals surface area contributed by atoms with Gasteiger partial charge in [0, 0.05) is 19.2 Å². The molecule has 0 saturated heterocycles. The summed E-state index contributed by atoms with van der Waals surface area (Å²) >= 11 is 0. The Morgan fingerprint density at radius 1 is 1.27 bits per heavy atom. The van der Waals surface area contributed by atoms with E-state index >= 15 is 0 Å². The highest BCUT2D eigenvalue weighted by Gasteiger charge is 1.84. The number of rotatable bonds is 3. The fourth-order valence-electron chi connectivity index (χ4n) is 0.875. The van der Waals surface area contributed by atoms with Crippen molar-refractivity contribution in [2.24, 2.45) is 4.99 Å². The molecule has 0 N–H and O–H groups in total. The standard InChI is InChI=1S/C10H12N/c1-2-11-9-8-10-6-4-3-5-7-10/h3-7,9H,1-2,8H2/b11-9+. The van der Waals surface area contributed by atoms with Gasteiger partial charge in [-0.25, -0.2) is 0 Å². The maximum atomic E-state index is 4.03. The Bertz CT molecular complexity index is 214. The van der Waals surface area contributed by atoms with Crippen molar-refractivity contribution in [3.05, 3.63) is 42.8 Å². The molecule has 0 bridgehead atoms. The maximum Gasteiger partial charge on any atom is 0.0386 e. The average Bonchev–Trinajstić information content (AvgIpc) is 2.07. The predicted octanol–water partition coefficient (Wildman–Crippen LogP) is 2.13. The molecule has 0 aliphatic heterocycles. The van der Waals surface area contributed by atoms with E-state index in [4.69, 9.17) is 0 Å². The van der Waals surface area contributed by atoms with E-state index in [1.165, 1.54) is 5.56 Å². The normalized spacial score (nSPS) is 10.6. The molecule has 57 valence electrons. The summed E-state index contributed by atoms with van der Waals surface area (Å²) in [6.45, 7) is 4.25. The molecule has 0 heterocycles. The highest BCUT2D eigenvalue weighted by molar-refractivity contribution is 5.61. The minimum Gasteiger partial charge on any atom is -0.297 e. The second kappa shape index (κ2) is 4.67. The van der Waals surface area contributed by atoms with E-state index in [0.29, 0.717) is 6.54 Å². The molecule has 0 unspecified atom stereocenters. The number of aliphatic imine (C=N–C) groups is 1. The van der Waals surface area contributed by atoms with Gasteiger partial charge in [-0.2, -0.15) is 0 Å². The van der Waals surface area contributed by atoms with Crippen LogP contribution in [0.3, 0.4) is 0 Å². The number of benzene rings is 1. The number of nitrogens with zero attached hydrogens (tertiary/aromatic N) is 1. The van der Waals surface area contributed by atoms with Crippen molar-refractivity contribution in [2.75, 3.05) is 6.54 Å². The summed E-state index contributed by atoms with van der Waals surface area (Å²) in [7, 11) is 0. The number of hydrogen-bond donors (Lipinski definition) is 0. The zero-order valence-corrected chi connectivity index (χ0v) is 6.53. The molecule has 0 spiro atoms. The molecule has 0 aliphatic rings. The van der Waals surface area contributed by atoms with E-state index in [1.54, 1.807) is 0 Å². The Kier molecular flexibility index (Phi) is 3.39. The molecule has 1 rings (SSSR count). The maximum absolute atomic E-state index is 4.03. The third kappa shape index (κ3) is 2.99. The van der Waals surface area contributed by atoms with Crippen LogP contribution < -0.4 is 0 Å². The smallest absolute Gasteiger partial charge is 0.0386 e. The summed E-state index contributed by atoms with van der Waals surface area (Å²) < 4.78 is 0. The molecule has 0 atom stereocenters. The molecule has 0 aromatic heterocycles. The van der Waals surface area contributed by atoms with E-state index in [1.807, 2.05) is 24.4 Å². The van der Waals surface area contributed by atoms with Crippen LogP contribution in [0, 0.1) is 6.92 Å². The zero-order valence-electron chi connectivity index (χ0n) is 6.53. The fraction of sp³-hybridized carbons (Fsp3) is 0.200. The van der Waals surface area contributed by atoms with Crippen molar-refractivity contribution in [2.45, 2.75) is 6.42 Å². The van der Waals surface area contributed by atoms with Crippen molar-refractivity contribution in [1.82, 2.24) is 0 Å². The van der Waals surface area contributed by atoms with E-state index in [-0.39, 0.29) is 0 Å². The van der Waals surface area contributed by atoms with Crippen molar-refractivity contribution >= 4 is 6.21 Å². The number of hydrogen-bond acceptors (Lipinski definition) is 1. The monoisotopic (exact) mass is 146 g/mol. The van der Waals surface area contributed by atoms with Gasteiger partial charge < -0.3 is 0 Å². The Morgan fingerprint density at radius 3 is 2.64 bits per heavy atom. The molecule has 1 heteroatoms. The second-order valence-corrected chi connectivity index (χ2v) is 2.28. The van der Waals surface area contributed by atoms with E-state index in [0.717, 1.165) is 6.42 Å². The minimum atomic E-state index is 0.632. The molecule has 1 aromatic rings. The van der Waals surface area contributed by atoms with Crippen molar-refractivity contribution < 1.29 is 0 Å². The van der Waals surface area contributed by atoms with Crippen LogP contribution in [0.1, 0.15) is 5.56 Å². The first-order valence-corrected chi connectivity index (χ1v) is 3.75. The van der Waals surface area contributed by atoms with Gasteiger partial charge in [-0.05, 0) is 12.5 Å². The lowest BCUT2D eigenvalue weighted by atomic mass is 10.2. The van der Waals surface area contributed by atoms with Gasteiger partial charge in [0.2, 0.25) is 0 Å². The van der Waals surface area contributed by atoms with Crippen LogP contribution in [0.25, 0.3) is 0 Å². The van der Waals surface area contributed by atoms with E-state index in [9.17, 15) is 0 Å². The molecule has 1 nitrogen and oxygen atoms in total. The molecular weight excluding hydrogens is 134 g/mol. The lowest BCUT2D eigenvalue weighted by molar-refractivity contribution is 1.22. The molecule has 11 heavy (non-hydrogen) atoms. The first-order chi connectivity index (χ1) is 5.43. The van der Waals surface area contributed by atoms with Gasteiger partial charge in [-0.15, -0.1) is 0 Å². The summed E-state index contributed by atoms with van der Waals surface area (Å²) in [6.07, 6.45) is 2.82. The van der Waals surface area contributed by atoms with Crippen LogP contribution in [0.5, 0.6) is 0 Å². The van der Waals surface area contributed by atoms with Crippen molar-refractivity contribution in [3.8, 4) is 0 Å². The van der Waals surface area contributed by atoms with E-state index in [2.05, 4.69) is 24.0 Å². The molecule has 0 amide bonds. The summed E-state index contributed by atoms with van der Waals surface area (Å²) in [5.41, 5.74) is 1.30. The van der Waals surface area contributed by atoms with Gasteiger partial charge in [0.25, 0.3) is 0 Å². The van der Waals surface area contributed by atoms with Crippen LogP contribution >= 0.6 is 0 Å². The molecule has 1 aromatic carbocycles. The third-order valence-electron chi connectivity index (χ3n) is 1.43. The van der Waals surface area contributed by atoms with Gasteiger partial charge in [0.1, 0.15) is 0 Å². The van der Waals surface area contributed by atoms with Crippen molar-refractivity contribution in [1.29, 1.82) is 0 Å². The van der Waals surface area contributed by atoms with Crippen LogP contribution in [-0.4, -0.2) is 12.8 Å². The van der Waals surface area contributed by atoms with Crippen LogP contribution in [0.2, 0.25) is 0 Å². The summed E-state index contributed by atoms with van der Waals surface area (Å²) in [4.78, 5) is 4.03. The SMILES string of the molecule is [CH2]C/N=C/Cc1ccccc1. The van der Waals surface area contributed by atoms with E-state index < -0.39 is 0 Å². The highest BCUT2D eigenvalue weighted by Crippen LogP contribution is 1.96. The Morgan fingerprint density at radius 2 is 2.00 bits per heavy atom. The molecule has 0 fully saturated rings. The Balaban J connectivity index is 2.45. The van der Waals surface area contributed by atoms with Gasteiger partial charge >= 0.3 is 0 Å². The zero-order chi connectivity index (χ0) is 7.94. The van der Waals surface area contributed by atoms with Gasteiger partial charge in [-0.1, -0.05) is 30.3 Å². The van der Waals surface area contributed by atoms with Gasteiger partial charge in [-0.3, -0.25) is 4.99 Å².